The zero-order chi connectivity index (χ0) is 17.2. The molecule has 132 valence electrons. The Morgan fingerprint density at radius 2 is 2.17 bits per heavy atom. The van der Waals surface area contributed by atoms with Crippen LogP contribution in [0.3, 0.4) is 0 Å². The van der Waals surface area contributed by atoms with Crippen LogP contribution in [0.1, 0.15) is 31.7 Å². The van der Waals surface area contributed by atoms with Crippen molar-refractivity contribution in [1.29, 1.82) is 0 Å². The lowest BCUT2D eigenvalue weighted by atomic mass is 9.69. The Bertz CT molecular complexity index is 588. The lowest BCUT2D eigenvalue weighted by molar-refractivity contribution is -0.122. The minimum atomic E-state index is -0.610. The number of rotatable bonds is 6. The van der Waals surface area contributed by atoms with E-state index in [4.69, 9.17) is 4.74 Å². The average molecular weight is 332 g/mol. The van der Waals surface area contributed by atoms with Gasteiger partial charge in [0.05, 0.1) is 19.3 Å². The topological polar surface area (TPSA) is 61.8 Å². The van der Waals surface area contributed by atoms with Gasteiger partial charge in [0.25, 0.3) is 0 Å². The summed E-state index contributed by atoms with van der Waals surface area (Å²) < 4.78 is 5.30. The number of hydrogen-bond donors (Lipinski definition) is 2. The molecule has 2 aliphatic rings. The molecule has 3 rings (SSSR count). The van der Waals surface area contributed by atoms with Crippen LogP contribution >= 0.6 is 0 Å². The van der Waals surface area contributed by atoms with E-state index in [0.29, 0.717) is 25.6 Å². The minimum absolute atomic E-state index is 0.00837. The Labute approximate surface area is 144 Å². The number of carbonyl (C=O) groups is 1. The smallest absolute Gasteiger partial charge is 0.234 e. The van der Waals surface area contributed by atoms with E-state index in [1.807, 2.05) is 24.3 Å². The molecule has 1 heterocycles. The van der Waals surface area contributed by atoms with E-state index in [2.05, 4.69) is 17.1 Å². The van der Waals surface area contributed by atoms with Crippen LogP contribution in [0, 0.1) is 11.8 Å². The van der Waals surface area contributed by atoms with E-state index >= 15 is 0 Å². The van der Waals surface area contributed by atoms with Crippen molar-refractivity contribution in [2.45, 2.75) is 38.3 Å². The summed E-state index contributed by atoms with van der Waals surface area (Å²) in [6, 6.07) is 7.69. The highest BCUT2D eigenvalue weighted by atomic mass is 16.5. The summed E-state index contributed by atoms with van der Waals surface area (Å²) in [5, 5.41) is 13.9. The Balaban J connectivity index is 1.50. The largest absolute Gasteiger partial charge is 0.496 e. The first-order valence-electron chi connectivity index (χ1n) is 8.86. The second-order valence-electron chi connectivity index (χ2n) is 7.28. The van der Waals surface area contributed by atoms with E-state index in [9.17, 15) is 9.90 Å². The first-order valence-corrected chi connectivity index (χ1v) is 8.86. The summed E-state index contributed by atoms with van der Waals surface area (Å²) in [6.07, 6.45) is 3.46. The van der Waals surface area contributed by atoms with Crippen molar-refractivity contribution in [3.8, 4) is 5.75 Å². The van der Waals surface area contributed by atoms with Crippen molar-refractivity contribution < 1.29 is 14.6 Å². The van der Waals surface area contributed by atoms with Crippen molar-refractivity contribution >= 4 is 5.91 Å². The average Bonchev–Trinajstić information content (AvgIpc) is 2.78. The molecule has 0 bridgehead atoms. The second kappa shape index (κ2) is 7.11. The third-order valence-electron chi connectivity index (χ3n) is 5.71. The van der Waals surface area contributed by atoms with E-state index in [0.717, 1.165) is 30.7 Å². The fourth-order valence-corrected chi connectivity index (χ4v) is 3.99. The number of methoxy groups -OCH3 is 1. The zero-order valence-corrected chi connectivity index (χ0v) is 14.6. The molecule has 1 saturated carbocycles. The number of para-hydroxylation sites is 1. The molecule has 1 saturated heterocycles. The number of hydrogen-bond acceptors (Lipinski definition) is 4. The van der Waals surface area contributed by atoms with Gasteiger partial charge >= 0.3 is 0 Å². The number of nitrogens with one attached hydrogen (secondary N) is 1. The van der Waals surface area contributed by atoms with Gasteiger partial charge in [0, 0.05) is 25.2 Å². The van der Waals surface area contributed by atoms with Crippen LogP contribution < -0.4 is 10.1 Å². The summed E-state index contributed by atoms with van der Waals surface area (Å²) in [5.41, 5.74) is 0.357. The minimum Gasteiger partial charge on any atom is -0.496 e. The highest BCUT2D eigenvalue weighted by Gasteiger charge is 2.49. The van der Waals surface area contributed by atoms with E-state index in [1.54, 1.807) is 7.11 Å². The number of carbonyl (C=O) groups excluding carboxylic acids is 1. The number of benzene rings is 1. The van der Waals surface area contributed by atoms with Crippen molar-refractivity contribution in [2.75, 3.05) is 26.7 Å². The molecule has 0 radical (unpaired) electrons. The number of amides is 1. The first-order chi connectivity index (χ1) is 11.5. The van der Waals surface area contributed by atoms with Crippen LogP contribution in [0.2, 0.25) is 0 Å². The number of likely N-dealkylation sites (tertiary alicyclic amines) is 1. The number of nitrogens with zero attached hydrogens (tertiary/aromatic N) is 1. The first kappa shape index (κ1) is 17.2. The molecule has 0 spiro atoms. The molecular weight excluding hydrogens is 304 g/mol. The Morgan fingerprint density at radius 3 is 2.83 bits per heavy atom. The van der Waals surface area contributed by atoms with Gasteiger partial charge in [-0.05, 0) is 30.7 Å². The Morgan fingerprint density at radius 1 is 1.42 bits per heavy atom. The van der Waals surface area contributed by atoms with Crippen LogP contribution in [0.4, 0.5) is 0 Å². The molecule has 24 heavy (non-hydrogen) atoms. The molecule has 2 fully saturated rings. The molecule has 0 unspecified atom stereocenters. The maximum atomic E-state index is 12.3. The lowest BCUT2D eigenvalue weighted by Gasteiger charge is -2.41. The molecule has 1 aliphatic carbocycles. The molecule has 1 amide bonds. The van der Waals surface area contributed by atoms with Gasteiger partial charge in [-0.25, -0.2) is 0 Å². The molecule has 1 aliphatic heterocycles. The van der Waals surface area contributed by atoms with Gasteiger partial charge in [0.15, 0.2) is 0 Å². The molecule has 2 atom stereocenters. The normalized spacial score (nSPS) is 27.7. The van der Waals surface area contributed by atoms with E-state index in [-0.39, 0.29) is 11.8 Å². The predicted octanol–water partition coefficient (Wildman–Crippen LogP) is 1.79. The molecule has 2 N–H and O–H groups in total. The van der Waals surface area contributed by atoms with Crippen LogP contribution in [-0.2, 0) is 11.3 Å². The Hall–Kier alpha value is -1.59. The summed E-state index contributed by atoms with van der Waals surface area (Å²) >= 11 is 0. The number of β-amino-alcohol motifs (C(OH)–C–C–N with tert-alkyl or cyclic N) is 1. The van der Waals surface area contributed by atoms with E-state index in [1.165, 1.54) is 6.42 Å². The zero-order valence-electron chi connectivity index (χ0n) is 14.6. The summed E-state index contributed by atoms with van der Waals surface area (Å²) in [4.78, 5) is 14.4. The molecule has 0 aromatic heterocycles. The fourth-order valence-electron chi connectivity index (χ4n) is 3.99. The molecule has 5 nitrogen and oxygen atoms in total. The lowest BCUT2D eigenvalue weighted by Crippen LogP contribution is -2.48. The molecule has 1 aromatic carbocycles. The monoisotopic (exact) mass is 332 g/mol. The van der Waals surface area contributed by atoms with Crippen molar-refractivity contribution in [2.24, 2.45) is 11.8 Å². The van der Waals surface area contributed by atoms with Crippen LogP contribution in [-0.4, -0.2) is 48.3 Å². The molecule has 5 heteroatoms. The third kappa shape index (κ3) is 3.42. The number of ether oxygens (including phenoxy) is 1. The van der Waals surface area contributed by atoms with Gasteiger partial charge in [-0.15, -0.1) is 0 Å². The second-order valence-corrected chi connectivity index (χ2v) is 7.28. The standard InChI is InChI=1S/C19H28N2O3/c1-14-11-21(13-19(14,23)16-7-5-8-16)12-18(22)20-10-15-6-3-4-9-17(15)24-2/h3-4,6,9,14,16,23H,5,7-8,10-13H2,1-2H3,(H,20,22)/t14-,19+/m1/s1. The predicted molar refractivity (Wildman–Crippen MR) is 92.7 cm³/mol. The van der Waals surface area contributed by atoms with Crippen molar-refractivity contribution in [3.63, 3.8) is 0 Å². The van der Waals surface area contributed by atoms with Crippen LogP contribution in [0.5, 0.6) is 5.75 Å². The SMILES string of the molecule is COc1ccccc1CNC(=O)CN1C[C@@H](C)[C@](O)(C2CCC2)C1. The van der Waals surface area contributed by atoms with Gasteiger partial charge < -0.3 is 15.2 Å². The maximum Gasteiger partial charge on any atom is 0.234 e. The number of aliphatic hydroxyl groups is 1. The third-order valence-corrected chi connectivity index (χ3v) is 5.71. The molecular formula is C19H28N2O3. The quantitative estimate of drug-likeness (QED) is 0.834. The summed E-state index contributed by atoms with van der Waals surface area (Å²) in [7, 11) is 1.63. The highest BCUT2D eigenvalue weighted by Crippen LogP contribution is 2.43. The van der Waals surface area contributed by atoms with Crippen molar-refractivity contribution in [3.05, 3.63) is 29.8 Å². The van der Waals surface area contributed by atoms with Crippen LogP contribution in [0.15, 0.2) is 24.3 Å². The maximum absolute atomic E-state index is 12.3. The molecule has 1 aromatic rings. The van der Waals surface area contributed by atoms with Gasteiger partial charge in [-0.1, -0.05) is 31.5 Å². The summed E-state index contributed by atoms with van der Waals surface area (Å²) in [5.74, 6) is 1.41. The van der Waals surface area contributed by atoms with Crippen molar-refractivity contribution in [1.82, 2.24) is 10.2 Å². The fraction of sp³-hybridized carbons (Fsp3) is 0.632. The van der Waals surface area contributed by atoms with E-state index < -0.39 is 5.60 Å². The van der Waals surface area contributed by atoms with Crippen LogP contribution in [0.25, 0.3) is 0 Å². The summed E-state index contributed by atoms with van der Waals surface area (Å²) in [6.45, 7) is 4.30. The van der Waals surface area contributed by atoms with Gasteiger partial charge in [0.2, 0.25) is 5.91 Å². The Kier molecular flexibility index (Phi) is 5.11. The van der Waals surface area contributed by atoms with Gasteiger partial charge in [-0.2, -0.15) is 0 Å². The highest BCUT2D eigenvalue weighted by molar-refractivity contribution is 5.78. The van der Waals surface area contributed by atoms with Gasteiger partial charge in [-0.3, -0.25) is 9.69 Å². The van der Waals surface area contributed by atoms with Gasteiger partial charge in [0.1, 0.15) is 5.75 Å².